The zero-order chi connectivity index (χ0) is 44.0. The molecule has 2 unspecified atom stereocenters. The summed E-state index contributed by atoms with van der Waals surface area (Å²) in [6, 6.07) is 40.3. The minimum atomic E-state index is -4.87. The molecular formula is C48H42Cl2F6O5. The van der Waals surface area contributed by atoms with Crippen molar-refractivity contribution >= 4 is 23.2 Å². The summed E-state index contributed by atoms with van der Waals surface area (Å²) in [5.41, 5.74) is 1.22. The molecule has 6 rings (SSSR count). The molecule has 0 aliphatic heterocycles. The maximum atomic E-state index is 13.1. The van der Waals surface area contributed by atoms with Gasteiger partial charge in [-0.2, -0.15) is 0 Å². The van der Waals surface area contributed by atoms with Gasteiger partial charge in [-0.1, -0.05) is 124 Å². The SMILES string of the molecule is CC(C)(c1ccc(OC(F)(F)F)cc1)C(Cc1cccc(Oc2ccccc2Cl)c1)OC(Cc1cccc(Oc2ccccc2Cl)c1)C(C)(C)c1ccc(OC(F)(F)F)cc1. The van der Waals surface area contributed by atoms with Crippen LogP contribution in [0.4, 0.5) is 26.3 Å². The first-order chi connectivity index (χ1) is 28.7. The minimum Gasteiger partial charge on any atom is -0.456 e. The standard InChI is InChI=1S/C48H42Cl2F6O5/c1-45(2,33-19-23-35(24-20-33)60-47(51,52)53)43(29-31-11-9-13-37(27-31)57-41-17-7-5-15-39(41)49)59-44(46(3,4)34-21-25-36(26-22-34)61-48(54,55)56)30-32-12-10-14-38(28-32)58-42-18-8-6-16-40(42)50/h5-28,43-44H,29-30H2,1-4H3. The van der Waals surface area contributed by atoms with E-state index in [1.165, 1.54) is 24.3 Å². The summed E-state index contributed by atoms with van der Waals surface area (Å²) >= 11 is 12.8. The van der Waals surface area contributed by atoms with Crippen LogP contribution in [-0.4, -0.2) is 24.9 Å². The second-order valence-electron chi connectivity index (χ2n) is 15.5. The number of halogens is 8. The van der Waals surface area contributed by atoms with Gasteiger partial charge >= 0.3 is 12.7 Å². The molecule has 61 heavy (non-hydrogen) atoms. The molecule has 0 N–H and O–H groups in total. The second-order valence-corrected chi connectivity index (χ2v) is 16.3. The van der Waals surface area contributed by atoms with Gasteiger partial charge in [0.25, 0.3) is 0 Å². The van der Waals surface area contributed by atoms with Crippen LogP contribution in [0.5, 0.6) is 34.5 Å². The lowest BCUT2D eigenvalue weighted by molar-refractivity contribution is -0.275. The fourth-order valence-electron chi connectivity index (χ4n) is 6.90. The van der Waals surface area contributed by atoms with Crippen LogP contribution in [0.25, 0.3) is 0 Å². The van der Waals surface area contributed by atoms with Crippen molar-refractivity contribution in [2.75, 3.05) is 0 Å². The molecule has 0 fully saturated rings. The maximum Gasteiger partial charge on any atom is 0.573 e. The fourth-order valence-corrected chi connectivity index (χ4v) is 7.25. The Morgan fingerprint density at radius 2 is 0.803 bits per heavy atom. The van der Waals surface area contributed by atoms with E-state index in [4.69, 9.17) is 37.4 Å². The predicted octanol–water partition coefficient (Wildman–Crippen LogP) is 14.9. The molecule has 0 aliphatic carbocycles. The molecule has 6 aromatic rings. The van der Waals surface area contributed by atoms with Crippen molar-refractivity contribution in [2.24, 2.45) is 0 Å². The Kier molecular flexibility index (Phi) is 13.9. The van der Waals surface area contributed by atoms with Gasteiger partial charge in [0.05, 0.1) is 22.3 Å². The molecule has 0 saturated carbocycles. The number of para-hydroxylation sites is 2. The van der Waals surface area contributed by atoms with Crippen LogP contribution >= 0.6 is 23.2 Å². The Hall–Kier alpha value is -5.36. The van der Waals surface area contributed by atoms with E-state index in [-0.39, 0.29) is 11.5 Å². The summed E-state index contributed by atoms with van der Waals surface area (Å²) in [5.74, 6) is 1.22. The summed E-state index contributed by atoms with van der Waals surface area (Å²) < 4.78 is 107. The average Bonchev–Trinajstić information content (AvgIpc) is 3.18. The van der Waals surface area contributed by atoms with Crippen molar-refractivity contribution in [3.63, 3.8) is 0 Å². The number of ether oxygens (including phenoxy) is 5. The highest BCUT2D eigenvalue weighted by Crippen LogP contribution is 2.41. The van der Waals surface area contributed by atoms with E-state index in [0.29, 0.717) is 57.0 Å². The smallest absolute Gasteiger partial charge is 0.456 e. The van der Waals surface area contributed by atoms with Gasteiger partial charge in [0, 0.05) is 10.8 Å². The van der Waals surface area contributed by atoms with Gasteiger partial charge in [0.1, 0.15) is 34.5 Å². The van der Waals surface area contributed by atoms with E-state index < -0.39 is 35.8 Å². The molecule has 320 valence electrons. The Morgan fingerprint density at radius 3 is 1.15 bits per heavy atom. The lowest BCUT2D eigenvalue weighted by Gasteiger charge is -2.43. The summed E-state index contributed by atoms with van der Waals surface area (Å²) in [4.78, 5) is 0. The molecular weight excluding hydrogens is 841 g/mol. The van der Waals surface area contributed by atoms with Crippen molar-refractivity contribution in [1.29, 1.82) is 0 Å². The largest absolute Gasteiger partial charge is 0.573 e. The zero-order valence-corrected chi connectivity index (χ0v) is 35.0. The van der Waals surface area contributed by atoms with E-state index in [9.17, 15) is 26.3 Å². The van der Waals surface area contributed by atoms with Crippen molar-refractivity contribution in [1.82, 2.24) is 0 Å². The van der Waals surface area contributed by atoms with Gasteiger partial charge in [-0.05, 0) is 108 Å². The summed E-state index contributed by atoms with van der Waals surface area (Å²) in [6.07, 6.45) is -10.5. The van der Waals surface area contributed by atoms with Gasteiger partial charge in [-0.15, -0.1) is 26.3 Å². The molecule has 0 aliphatic rings. The quantitative estimate of drug-likeness (QED) is 0.0906. The Morgan fingerprint density at radius 1 is 0.443 bits per heavy atom. The van der Waals surface area contributed by atoms with Crippen molar-refractivity contribution in [3.05, 3.63) is 178 Å². The summed E-state index contributed by atoms with van der Waals surface area (Å²) in [6.45, 7) is 7.75. The molecule has 0 aromatic heterocycles. The third-order valence-corrected chi connectivity index (χ3v) is 11.0. The Bertz CT molecular complexity index is 2210. The van der Waals surface area contributed by atoms with Crippen LogP contribution in [0.15, 0.2) is 146 Å². The monoisotopic (exact) mass is 882 g/mol. The van der Waals surface area contributed by atoms with Gasteiger partial charge < -0.3 is 23.7 Å². The van der Waals surface area contributed by atoms with E-state index in [1.54, 1.807) is 84.9 Å². The average molecular weight is 884 g/mol. The van der Waals surface area contributed by atoms with E-state index in [2.05, 4.69) is 9.47 Å². The van der Waals surface area contributed by atoms with Crippen molar-refractivity contribution in [3.8, 4) is 34.5 Å². The Labute approximate surface area is 360 Å². The third-order valence-electron chi connectivity index (χ3n) is 10.4. The van der Waals surface area contributed by atoms with Gasteiger partial charge in [0.2, 0.25) is 0 Å². The summed E-state index contributed by atoms with van der Waals surface area (Å²) in [7, 11) is 0. The topological polar surface area (TPSA) is 46.2 Å². The van der Waals surface area contributed by atoms with Crippen LogP contribution in [0, 0.1) is 0 Å². The fraction of sp³-hybridized carbons (Fsp3) is 0.250. The molecule has 6 aromatic carbocycles. The highest BCUT2D eigenvalue weighted by molar-refractivity contribution is 6.32. The van der Waals surface area contributed by atoms with Crippen LogP contribution in [0.2, 0.25) is 10.0 Å². The van der Waals surface area contributed by atoms with Crippen LogP contribution < -0.4 is 18.9 Å². The van der Waals surface area contributed by atoms with E-state index in [1.807, 2.05) is 64.1 Å². The first-order valence-corrected chi connectivity index (χ1v) is 19.9. The number of benzene rings is 6. The normalized spacial score (nSPS) is 13.3. The molecule has 0 bridgehead atoms. The molecule has 5 nitrogen and oxygen atoms in total. The lowest BCUT2D eigenvalue weighted by Crippen LogP contribution is -2.46. The van der Waals surface area contributed by atoms with Crippen LogP contribution in [0.1, 0.15) is 49.9 Å². The van der Waals surface area contributed by atoms with Crippen LogP contribution in [0.3, 0.4) is 0 Å². The number of rotatable bonds is 16. The maximum absolute atomic E-state index is 13.1. The van der Waals surface area contributed by atoms with Crippen molar-refractivity contribution in [2.45, 2.75) is 76.3 Å². The van der Waals surface area contributed by atoms with Gasteiger partial charge in [0.15, 0.2) is 0 Å². The lowest BCUT2D eigenvalue weighted by atomic mass is 9.74. The van der Waals surface area contributed by atoms with Gasteiger partial charge in [-0.25, -0.2) is 0 Å². The first-order valence-electron chi connectivity index (χ1n) is 19.2. The van der Waals surface area contributed by atoms with E-state index in [0.717, 1.165) is 11.1 Å². The molecule has 0 saturated heterocycles. The molecule has 0 amide bonds. The molecule has 0 heterocycles. The second kappa shape index (κ2) is 18.7. The van der Waals surface area contributed by atoms with Crippen molar-refractivity contribution < 1.29 is 50.0 Å². The number of alkyl halides is 6. The Balaban J connectivity index is 1.41. The molecule has 2 atom stereocenters. The number of hydrogen-bond donors (Lipinski definition) is 0. The van der Waals surface area contributed by atoms with Crippen LogP contribution in [-0.2, 0) is 28.4 Å². The number of hydrogen-bond acceptors (Lipinski definition) is 5. The summed E-state index contributed by atoms with van der Waals surface area (Å²) in [5, 5.41) is 0.857. The molecule has 13 heteroatoms. The predicted molar refractivity (Wildman–Crippen MR) is 224 cm³/mol. The molecule has 0 spiro atoms. The molecule has 0 radical (unpaired) electrons. The van der Waals surface area contributed by atoms with Gasteiger partial charge in [-0.3, -0.25) is 0 Å². The third kappa shape index (κ3) is 12.4. The van der Waals surface area contributed by atoms with E-state index >= 15 is 0 Å². The minimum absolute atomic E-state index is 0.300. The highest BCUT2D eigenvalue weighted by Gasteiger charge is 2.41. The zero-order valence-electron chi connectivity index (χ0n) is 33.5. The first kappa shape index (κ1) is 45.2. The highest BCUT2D eigenvalue weighted by atomic mass is 35.5.